The van der Waals surface area contributed by atoms with Gasteiger partial charge >= 0.3 is 0 Å². The summed E-state index contributed by atoms with van der Waals surface area (Å²) in [7, 11) is 0. The van der Waals surface area contributed by atoms with Gasteiger partial charge in [0.2, 0.25) is 0 Å². The number of pyridine rings is 1. The minimum absolute atomic E-state index is 0.334. The third-order valence-corrected chi connectivity index (χ3v) is 6.55. The van der Waals surface area contributed by atoms with Crippen LogP contribution in [0.1, 0.15) is 24.5 Å². The first-order chi connectivity index (χ1) is 10.8. The predicted molar refractivity (Wildman–Crippen MR) is 85.5 cm³/mol. The average molecular weight is 293 g/mol. The largest absolute Gasteiger partial charge is 0.382 e. The zero-order valence-corrected chi connectivity index (χ0v) is 12.6. The SMILES string of the molecule is C=CC1C2CC[NH+]3[C@@H]([C@H](O)c4ccnc5ccccc45)C[C@]123. The van der Waals surface area contributed by atoms with Gasteiger partial charge in [-0.05, 0) is 17.7 Å². The number of nitrogens with zero attached hydrogens (tertiary/aromatic N) is 1. The van der Waals surface area contributed by atoms with Crippen LogP contribution in [0, 0.1) is 11.8 Å². The van der Waals surface area contributed by atoms with Crippen molar-refractivity contribution in [2.45, 2.75) is 30.5 Å². The fourth-order valence-corrected chi connectivity index (χ4v) is 5.56. The first kappa shape index (κ1) is 12.8. The zero-order chi connectivity index (χ0) is 14.9. The van der Waals surface area contributed by atoms with Gasteiger partial charge in [0.05, 0.1) is 18.5 Å². The van der Waals surface area contributed by atoms with Crippen molar-refractivity contribution in [3.8, 4) is 0 Å². The number of benzene rings is 1. The normalized spacial score (nSPS) is 39.7. The molecule has 1 aromatic heterocycles. The maximum atomic E-state index is 11.0. The molecular formula is C19H21N2O+. The number of aliphatic hydroxyl groups excluding tert-OH is 1. The Morgan fingerprint density at radius 2 is 2.23 bits per heavy atom. The van der Waals surface area contributed by atoms with E-state index in [0.717, 1.165) is 28.8 Å². The van der Waals surface area contributed by atoms with Crippen LogP contribution in [0.4, 0.5) is 0 Å². The van der Waals surface area contributed by atoms with Crippen LogP contribution in [0.3, 0.4) is 0 Å². The Morgan fingerprint density at radius 3 is 3.05 bits per heavy atom. The molecular weight excluding hydrogens is 272 g/mol. The quantitative estimate of drug-likeness (QED) is 0.842. The highest BCUT2D eigenvalue weighted by atomic mass is 16.3. The first-order valence-electron chi connectivity index (χ1n) is 8.28. The standard InChI is InChI=1S/C19H20N2O/c1-2-14-15-8-10-21-17(11-19(14,15)21)18(22)13-7-9-20-16-6-4-3-5-12(13)16/h2-7,9,14-15,17-18,22H,1,8,10-11H2/p+1/t14?,15?,17-,18-,19+/m1/s1. The number of hydrogen-bond acceptors (Lipinski definition) is 2. The van der Waals surface area contributed by atoms with Crippen LogP contribution in [0.15, 0.2) is 49.2 Å². The number of piperidine rings is 1. The molecule has 5 rings (SSSR count). The molecule has 112 valence electrons. The van der Waals surface area contributed by atoms with Gasteiger partial charge in [0.1, 0.15) is 17.7 Å². The molecule has 0 amide bonds. The van der Waals surface area contributed by atoms with Gasteiger partial charge in [-0.3, -0.25) is 4.98 Å². The van der Waals surface area contributed by atoms with E-state index in [2.05, 4.69) is 23.7 Å². The van der Waals surface area contributed by atoms with E-state index in [1.165, 1.54) is 13.0 Å². The molecule has 3 unspecified atom stereocenters. The van der Waals surface area contributed by atoms with Gasteiger partial charge in [-0.1, -0.05) is 24.3 Å². The van der Waals surface area contributed by atoms with E-state index < -0.39 is 6.10 Å². The van der Waals surface area contributed by atoms with Gasteiger partial charge in [0, 0.05) is 29.8 Å². The second-order valence-electron chi connectivity index (χ2n) is 7.15. The van der Waals surface area contributed by atoms with E-state index in [1.807, 2.05) is 30.5 Å². The predicted octanol–water partition coefficient (Wildman–Crippen LogP) is 1.50. The summed E-state index contributed by atoms with van der Waals surface area (Å²) < 4.78 is 0. The summed E-state index contributed by atoms with van der Waals surface area (Å²) in [5, 5.41) is 12.1. The molecule has 3 heteroatoms. The smallest absolute Gasteiger partial charge is 0.132 e. The number of hydrogen-bond donors (Lipinski definition) is 2. The maximum Gasteiger partial charge on any atom is 0.132 e. The molecule has 0 radical (unpaired) electrons. The number of fused-ring (bicyclic) bond motifs is 1. The van der Waals surface area contributed by atoms with Crippen molar-refractivity contribution in [2.75, 3.05) is 6.54 Å². The molecule has 6 atom stereocenters. The lowest BCUT2D eigenvalue weighted by molar-refractivity contribution is -1.00. The number of quaternary nitrogens is 1. The number of aromatic nitrogens is 1. The summed E-state index contributed by atoms with van der Waals surface area (Å²) in [6.07, 6.45) is 6.02. The Kier molecular flexibility index (Phi) is 2.43. The van der Waals surface area contributed by atoms with E-state index in [1.54, 1.807) is 4.90 Å². The van der Waals surface area contributed by atoms with Crippen molar-refractivity contribution in [1.29, 1.82) is 0 Å². The molecule has 1 aromatic carbocycles. The summed E-state index contributed by atoms with van der Waals surface area (Å²) in [4.78, 5) is 6.03. The molecule has 2 aliphatic heterocycles. The Balaban J connectivity index is 1.48. The number of para-hydroxylation sites is 1. The molecule has 2 saturated heterocycles. The summed E-state index contributed by atoms with van der Waals surface area (Å²) in [5.74, 6) is 1.52. The number of nitrogens with one attached hydrogen (secondary N) is 1. The van der Waals surface area contributed by atoms with Gasteiger partial charge in [-0.25, -0.2) is 0 Å². The molecule has 3 heterocycles. The molecule has 0 bridgehead atoms. The molecule has 1 aliphatic carbocycles. The molecule has 2 N–H and O–H groups in total. The fraction of sp³-hybridized carbons (Fsp3) is 0.421. The van der Waals surface area contributed by atoms with E-state index in [0.29, 0.717) is 17.5 Å². The van der Waals surface area contributed by atoms with Crippen LogP contribution < -0.4 is 4.90 Å². The van der Waals surface area contributed by atoms with Crippen molar-refractivity contribution in [1.82, 2.24) is 4.98 Å². The van der Waals surface area contributed by atoms with Crippen LogP contribution in [0.25, 0.3) is 10.9 Å². The molecule has 1 spiro atoms. The number of aliphatic hydroxyl groups is 1. The lowest BCUT2D eigenvalue weighted by Gasteiger charge is -2.46. The van der Waals surface area contributed by atoms with Crippen molar-refractivity contribution >= 4 is 10.9 Å². The lowest BCUT2D eigenvalue weighted by Crippen LogP contribution is -3.27. The Morgan fingerprint density at radius 1 is 1.36 bits per heavy atom. The first-order valence-corrected chi connectivity index (χ1v) is 8.28. The van der Waals surface area contributed by atoms with Crippen molar-refractivity contribution in [2.24, 2.45) is 11.8 Å². The van der Waals surface area contributed by atoms with Crippen LogP contribution in [-0.2, 0) is 0 Å². The van der Waals surface area contributed by atoms with Gasteiger partial charge in [-0.2, -0.15) is 0 Å². The number of rotatable bonds is 3. The van der Waals surface area contributed by atoms with Crippen molar-refractivity contribution < 1.29 is 10.0 Å². The highest BCUT2D eigenvalue weighted by Gasteiger charge is 2.81. The van der Waals surface area contributed by atoms with Crippen LogP contribution in [0.5, 0.6) is 0 Å². The molecule has 3 aliphatic rings. The Labute approximate surface area is 130 Å². The van der Waals surface area contributed by atoms with E-state index in [-0.39, 0.29) is 0 Å². The summed E-state index contributed by atoms with van der Waals surface area (Å²) >= 11 is 0. The molecule has 1 saturated carbocycles. The highest BCUT2D eigenvalue weighted by Crippen LogP contribution is 2.61. The molecule has 2 aromatic rings. The average Bonchev–Trinajstić information content (AvgIpc) is 3.12. The Hall–Kier alpha value is -1.71. The van der Waals surface area contributed by atoms with Gasteiger partial charge in [-0.15, -0.1) is 6.58 Å². The van der Waals surface area contributed by atoms with Gasteiger partial charge in [0.15, 0.2) is 0 Å². The lowest BCUT2D eigenvalue weighted by atomic mass is 9.82. The molecule has 3 nitrogen and oxygen atoms in total. The monoisotopic (exact) mass is 293 g/mol. The molecule has 22 heavy (non-hydrogen) atoms. The second kappa shape index (κ2) is 4.18. The van der Waals surface area contributed by atoms with Gasteiger partial charge < -0.3 is 10.0 Å². The summed E-state index contributed by atoms with van der Waals surface area (Å²) in [6.45, 7) is 5.21. The summed E-state index contributed by atoms with van der Waals surface area (Å²) in [5.41, 5.74) is 2.45. The highest BCUT2D eigenvalue weighted by molar-refractivity contribution is 5.82. The third-order valence-electron chi connectivity index (χ3n) is 6.55. The third kappa shape index (κ3) is 1.37. The molecule has 3 fully saturated rings. The summed E-state index contributed by atoms with van der Waals surface area (Å²) in [6, 6.07) is 10.4. The second-order valence-corrected chi connectivity index (χ2v) is 7.15. The van der Waals surface area contributed by atoms with Crippen LogP contribution in [-0.4, -0.2) is 28.2 Å². The van der Waals surface area contributed by atoms with Gasteiger partial charge in [0.25, 0.3) is 0 Å². The van der Waals surface area contributed by atoms with Crippen molar-refractivity contribution in [3.05, 3.63) is 54.7 Å². The van der Waals surface area contributed by atoms with Crippen LogP contribution >= 0.6 is 0 Å². The maximum absolute atomic E-state index is 11.0. The Bertz CT molecular complexity index is 768. The van der Waals surface area contributed by atoms with Crippen LogP contribution in [0.2, 0.25) is 0 Å². The fourth-order valence-electron chi connectivity index (χ4n) is 5.56. The minimum atomic E-state index is -0.390. The minimum Gasteiger partial charge on any atom is -0.382 e. The van der Waals surface area contributed by atoms with E-state index >= 15 is 0 Å². The zero-order valence-electron chi connectivity index (χ0n) is 12.6. The van der Waals surface area contributed by atoms with E-state index in [9.17, 15) is 5.11 Å². The topological polar surface area (TPSA) is 37.6 Å². The van der Waals surface area contributed by atoms with Crippen molar-refractivity contribution in [3.63, 3.8) is 0 Å². The van der Waals surface area contributed by atoms with E-state index in [4.69, 9.17) is 0 Å².